The molecule has 0 aliphatic heterocycles. The normalized spacial score (nSPS) is 11.9. The Kier molecular flexibility index (Phi) is 6.82. The maximum atomic E-state index is 11.6. The lowest BCUT2D eigenvalue weighted by atomic mass is 10.2. The van der Waals surface area contributed by atoms with Crippen molar-refractivity contribution in [2.45, 2.75) is 19.0 Å². The van der Waals surface area contributed by atoms with Crippen LogP contribution in [-0.2, 0) is 16.1 Å². The minimum absolute atomic E-state index is 0.226. The number of methoxy groups -OCH3 is 1. The highest BCUT2D eigenvalue weighted by Crippen LogP contribution is 2.21. The van der Waals surface area contributed by atoms with Crippen molar-refractivity contribution in [3.63, 3.8) is 0 Å². The number of thiophene rings is 1. The molecule has 1 unspecified atom stereocenters. The third-order valence-electron chi connectivity index (χ3n) is 2.27. The molecule has 1 atom stereocenters. The van der Waals surface area contributed by atoms with E-state index in [1.807, 2.05) is 12.1 Å². The number of urea groups is 1. The number of hydrogen-bond acceptors (Lipinski definition) is 4. The van der Waals surface area contributed by atoms with Crippen LogP contribution in [0.15, 0.2) is 15.9 Å². The largest absolute Gasteiger partial charge is 0.480 e. The third kappa shape index (κ3) is 6.04. The van der Waals surface area contributed by atoms with Crippen LogP contribution < -0.4 is 10.6 Å². The fourth-order valence-corrected chi connectivity index (χ4v) is 2.74. The maximum Gasteiger partial charge on any atom is 0.326 e. The highest BCUT2D eigenvalue weighted by atomic mass is 79.9. The van der Waals surface area contributed by atoms with Gasteiger partial charge in [0.25, 0.3) is 0 Å². The Morgan fingerprint density at radius 2 is 2.26 bits per heavy atom. The predicted molar refractivity (Wildman–Crippen MR) is 75.3 cm³/mol. The molecule has 8 heteroatoms. The van der Waals surface area contributed by atoms with E-state index < -0.39 is 18.0 Å². The molecule has 1 rings (SSSR count). The molecule has 0 radical (unpaired) electrons. The number of carbonyl (C=O) groups is 2. The Hall–Kier alpha value is -1.12. The number of amides is 2. The highest BCUT2D eigenvalue weighted by Gasteiger charge is 2.19. The van der Waals surface area contributed by atoms with Gasteiger partial charge in [-0.15, -0.1) is 11.3 Å². The topological polar surface area (TPSA) is 87.7 Å². The first kappa shape index (κ1) is 15.9. The molecule has 0 aromatic carbocycles. The molecule has 0 spiro atoms. The number of carbonyl (C=O) groups excluding carboxylic acids is 1. The Labute approximate surface area is 123 Å². The van der Waals surface area contributed by atoms with Gasteiger partial charge in [0.2, 0.25) is 0 Å². The van der Waals surface area contributed by atoms with Crippen LogP contribution in [0.25, 0.3) is 0 Å². The number of hydrogen-bond donors (Lipinski definition) is 3. The van der Waals surface area contributed by atoms with E-state index in [9.17, 15) is 9.59 Å². The summed E-state index contributed by atoms with van der Waals surface area (Å²) < 4.78 is 5.78. The smallest absolute Gasteiger partial charge is 0.326 e. The molecule has 1 aromatic rings. The van der Waals surface area contributed by atoms with Crippen molar-refractivity contribution >= 4 is 39.3 Å². The lowest BCUT2D eigenvalue weighted by Gasteiger charge is -2.14. The number of nitrogens with one attached hydrogen (secondary N) is 2. The Morgan fingerprint density at radius 1 is 1.53 bits per heavy atom. The van der Waals surface area contributed by atoms with E-state index in [1.54, 1.807) is 0 Å². The first-order chi connectivity index (χ1) is 9.02. The second-order valence-corrected chi connectivity index (χ2v) is 6.25. The quantitative estimate of drug-likeness (QED) is 0.699. The van der Waals surface area contributed by atoms with Crippen LogP contribution in [0.1, 0.15) is 11.3 Å². The second kappa shape index (κ2) is 8.13. The lowest BCUT2D eigenvalue weighted by Crippen LogP contribution is -2.46. The molecule has 106 valence electrons. The van der Waals surface area contributed by atoms with Crippen LogP contribution in [0.5, 0.6) is 0 Å². The molecule has 0 bridgehead atoms. The van der Waals surface area contributed by atoms with Crippen LogP contribution in [0.2, 0.25) is 0 Å². The molecule has 0 saturated heterocycles. The van der Waals surface area contributed by atoms with Crippen molar-refractivity contribution in [2.24, 2.45) is 0 Å². The van der Waals surface area contributed by atoms with Crippen molar-refractivity contribution in [1.82, 2.24) is 10.6 Å². The van der Waals surface area contributed by atoms with Gasteiger partial charge in [-0.3, -0.25) is 0 Å². The van der Waals surface area contributed by atoms with Crippen molar-refractivity contribution in [2.75, 3.05) is 13.7 Å². The molecule has 0 aliphatic rings. The molecule has 3 N–H and O–H groups in total. The van der Waals surface area contributed by atoms with Crippen molar-refractivity contribution in [3.8, 4) is 0 Å². The summed E-state index contributed by atoms with van der Waals surface area (Å²) >= 11 is 4.83. The summed E-state index contributed by atoms with van der Waals surface area (Å²) in [6.45, 7) is 0.633. The zero-order chi connectivity index (χ0) is 14.3. The van der Waals surface area contributed by atoms with Crippen molar-refractivity contribution < 1.29 is 19.4 Å². The van der Waals surface area contributed by atoms with Crippen molar-refractivity contribution in [1.29, 1.82) is 0 Å². The van der Waals surface area contributed by atoms with Crippen LogP contribution in [0.3, 0.4) is 0 Å². The number of rotatable bonds is 7. The van der Waals surface area contributed by atoms with Crippen molar-refractivity contribution in [3.05, 3.63) is 20.8 Å². The van der Waals surface area contributed by atoms with Gasteiger partial charge < -0.3 is 20.5 Å². The molecule has 0 aliphatic carbocycles. The Bertz CT molecular complexity index is 438. The van der Waals surface area contributed by atoms with Gasteiger partial charge in [-0.1, -0.05) is 0 Å². The van der Waals surface area contributed by atoms with E-state index in [2.05, 4.69) is 26.6 Å². The fraction of sp³-hybridized carbons (Fsp3) is 0.455. The zero-order valence-corrected chi connectivity index (χ0v) is 12.7. The summed E-state index contributed by atoms with van der Waals surface area (Å²) in [6, 6.07) is 2.32. The minimum atomic E-state index is -1.08. The predicted octanol–water partition coefficient (Wildman–Crippen LogP) is 1.80. The van der Waals surface area contributed by atoms with Gasteiger partial charge in [0.15, 0.2) is 0 Å². The van der Waals surface area contributed by atoms with E-state index in [0.717, 1.165) is 8.66 Å². The van der Waals surface area contributed by atoms with E-state index in [1.165, 1.54) is 18.4 Å². The first-order valence-electron chi connectivity index (χ1n) is 5.53. The van der Waals surface area contributed by atoms with Gasteiger partial charge in [-0.25, -0.2) is 9.59 Å². The molecule has 1 heterocycles. The standard InChI is InChI=1S/C11H15BrN2O4S/c1-18-5-4-8(10(15)16)14-11(17)13-6-7-2-3-9(12)19-7/h2-3,8H,4-6H2,1H3,(H,15,16)(H2,13,14,17). The monoisotopic (exact) mass is 350 g/mol. The van der Waals surface area contributed by atoms with E-state index in [0.29, 0.717) is 6.54 Å². The van der Waals surface area contributed by atoms with Crippen LogP contribution in [0.4, 0.5) is 4.79 Å². The Morgan fingerprint density at radius 3 is 2.79 bits per heavy atom. The van der Waals surface area contributed by atoms with Gasteiger partial charge in [-0.05, 0) is 28.1 Å². The summed E-state index contributed by atoms with van der Waals surface area (Å²) in [6.07, 6.45) is 0.226. The summed E-state index contributed by atoms with van der Waals surface area (Å²) in [5.41, 5.74) is 0. The third-order valence-corrected chi connectivity index (χ3v) is 3.89. The van der Waals surface area contributed by atoms with E-state index in [-0.39, 0.29) is 13.0 Å². The zero-order valence-electron chi connectivity index (χ0n) is 10.3. The van der Waals surface area contributed by atoms with Crippen LogP contribution in [-0.4, -0.2) is 36.9 Å². The fourth-order valence-electron chi connectivity index (χ4n) is 1.32. The molecular weight excluding hydrogens is 336 g/mol. The average molecular weight is 351 g/mol. The van der Waals surface area contributed by atoms with Gasteiger partial charge >= 0.3 is 12.0 Å². The van der Waals surface area contributed by atoms with Gasteiger partial charge in [-0.2, -0.15) is 0 Å². The SMILES string of the molecule is COCCC(NC(=O)NCc1ccc(Br)s1)C(=O)O. The Balaban J connectivity index is 2.37. The molecule has 0 fully saturated rings. The first-order valence-corrected chi connectivity index (χ1v) is 7.14. The molecule has 2 amide bonds. The molecular formula is C11H15BrN2O4S. The number of aliphatic carboxylic acids is 1. The summed E-state index contributed by atoms with van der Waals surface area (Å²) in [5, 5.41) is 13.9. The van der Waals surface area contributed by atoms with Gasteiger partial charge in [0.1, 0.15) is 6.04 Å². The number of carboxylic acid groups (broad SMARTS) is 1. The highest BCUT2D eigenvalue weighted by molar-refractivity contribution is 9.11. The second-order valence-electron chi connectivity index (χ2n) is 3.71. The number of halogens is 1. The molecule has 1 aromatic heterocycles. The average Bonchev–Trinajstić information content (AvgIpc) is 2.77. The molecule has 19 heavy (non-hydrogen) atoms. The number of carboxylic acids is 1. The van der Waals surface area contributed by atoms with Gasteiger partial charge in [0.05, 0.1) is 10.3 Å². The molecule has 6 nitrogen and oxygen atoms in total. The minimum Gasteiger partial charge on any atom is -0.480 e. The van der Waals surface area contributed by atoms with E-state index in [4.69, 9.17) is 9.84 Å². The van der Waals surface area contributed by atoms with Gasteiger partial charge in [0, 0.05) is 25.0 Å². The summed E-state index contributed by atoms with van der Waals surface area (Å²) in [5.74, 6) is -1.08. The summed E-state index contributed by atoms with van der Waals surface area (Å²) in [4.78, 5) is 23.5. The van der Waals surface area contributed by atoms with Crippen LogP contribution in [0, 0.1) is 0 Å². The number of ether oxygens (including phenoxy) is 1. The van der Waals surface area contributed by atoms with Crippen LogP contribution >= 0.6 is 27.3 Å². The summed E-state index contributed by atoms with van der Waals surface area (Å²) in [7, 11) is 1.48. The lowest BCUT2D eigenvalue weighted by molar-refractivity contribution is -0.139. The molecule has 0 saturated carbocycles. The van der Waals surface area contributed by atoms with E-state index >= 15 is 0 Å². The maximum absolute atomic E-state index is 11.6.